The molecule has 17 heavy (non-hydrogen) atoms. The lowest BCUT2D eigenvalue weighted by Gasteiger charge is -2.23. The largest absolute Gasteiger partial charge is 0.492 e. The summed E-state index contributed by atoms with van der Waals surface area (Å²) in [4.78, 5) is 2.55. The topological polar surface area (TPSA) is 12.5 Å². The fraction of sp³-hybridized carbons (Fsp3) is 0.600. The molecule has 1 aromatic rings. The smallest absolute Gasteiger partial charge is 0.119 e. The fourth-order valence-electron chi connectivity index (χ4n) is 2.73. The van der Waals surface area contributed by atoms with Crippen molar-refractivity contribution in [3.63, 3.8) is 0 Å². The molecule has 1 heterocycles. The van der Waals surface area contributed by atoms with Crippen LogP contribution in [0, 0.1) is 5.92 Å². The van der Waals surface area contributed by atoms with Crippen molar-refractivity contribution < 1.29 is 4.74 Å². The van der Waals surface area contributed by atoms with Crippen LogP contribution in [-0.4, -0.2) is 30.6 Å². The second-order valence-electron chi connectivity index (χ2n) is 4.90. The van der Waals surface area contributed by atoms with Crippen LogP contribution in [0.2, 0.25) is 0 Å². The molecule has 94 valence electrons. The Labute approximate surface area is 105 Å². The number of likely N-dealkylation sites (tertiary alicyclic amines) is 1. The first-order chi connectivity index (χ1) is 8.31. The molecule has 2 atom stereocenters. The maximum absolute atomic E-state index is 5.74. The highest BCUT2D eigenvalue weighted by Crippen LogP contribution is 2.26. The van der Waals surface area contributed by atoms with Crippen molar-refractivity contribution in [1.82, 2.24) is 4.90 Å². The molecule has 0 aromatic heterocycles. The minimum atomic E-state index is 0.722. The Kier molecular flexibility index (Phi) is 4.43. The van der Waals surface area contributed by atoms with Gasteiger partial charge in [-0.15, -0.1) is 0 Å². The van der Waals surface area contributed by atoms with Crippen molar-refractivity contribution in [3.05, 3.63) is 30.3 Å². The second kappa shape index (κ2) is 6.06. The Balaban J connectivity index is 1.73. The van der Waals surface area contributed by atoms with E-state index in [0.717, 1.165) is 30.9 Å². The zero-order chi connectivity index (χ0) is 12.1. The van der Waals surface area contributed by atoms with Crippen LogP contribution in [0.3, 0.4) is 0 Å². The van der Waals surface area contributed by atoms with Crippen LogP contribution >= 0.6 is 0 Å². The van der Waals surface area contributed by atoms with Crippen LogP contribution in [0.4, 0.5) is 0 Å². The van der Waals surface area contributed by atoms with Crippen molar-refractivity contribution in [2.24, 2.45) is 5.92 Å². The van der Waals surface area contributed by atoms with Crippen molar-refractivity contribution in [3.8, 4) is 5.75 Å². The van der Waals surface area contributed by atoms with Crippen LogP contribution in [0.25, 0.3) is 0 Å². The molecular weight excluding hydrogens is 210 g/mol. The highest BCUT2D eigenvalue weighted by molar-refractivity contribution is 5.20. The number of rotatable bonds is 5. The molecule has 2 heteroatoms. The van der Waals surface area contributed by atoms with Crippen LogP contribution < -0.4 is 4.74 Å². The third-order valence-corrected chi connectivity index (χ3v) is 3.96. The van der Waals surface area contributed by atoms with Crippen molar-refractivity contribution >= 4 is 0 Å². The first-order valence-electron chi connectivity index (χ1n) is 6.73. The van der Waals surface area contributed by atoms with Gasteiger partial charge in [-0.3, -0.25) is 4.90 Å². The molecule has 0 radical (unpaired) electrons. The van der Waals surface area contributed by atoms with Crippen molar-refractivity contribution in [2.45, 2.75) is 32.7 Å². The molecule has 0 bridgehead atoms. The molecule has 1 fully saturated rings. The lowest BCUT2D eigenvalue weighted by atomic mass is 9.99. The lowest BCUT2D eigenvalue weighted by molar-refractivity contribution is 0.190. The summed E-state index contributed by atoms with van der Waals surface area (Å²) in [6.07, 6.45) is 2.65. The van der Waals surface area contributed by atoms with Gasteiger partial charge in [0, 0.05) is 12.6 Å². The second-order valence-corrected chi connectivity index (χ2v) is 4.90. The highest BCUT2D eigenvalue weighted by Gasteiger charge is 2.28. The standard InChI is InChI=1S/C15H23NO/c1-3-14-9-10-16(13(14)2)11-12-17-15-7-5-4-6-8-15/h4-8,13-14H,3,9-12H2,1-2H3/t13-,14?/m1/s1. The Hall–Kier alpha value is -1.02. The van der Waals surface area contributed by atoms with E-state index in [4.69, 9.17) is 4.74 Å². The summed E-state index contributed by atoms with van der Waals surface area (Å²) in [5.41, 5.74) is 0. The van der Waals surface area contributed by atoms with Crippen LogP contribution in [0.15, 0.2) is 30.3 Å². The van der Waals surface area contributed by atoms with Gasteiger partial charge in [-0.1, -0.05) is 31.5 Å². The number of benzene rings is 1. The summed E-state index contributed by atoms with van der Waals surface area (Å²) in [6, 6.07) is 10.8. The molecule has 0 N–H and O–H groups in total. The molecule has 0 spiro atoms. The molecule has 1 unspecified atom stereocenters. The summed E-state index contributed by atoms with van der Waals surface area (Å²) in [6.45, 7) is 7.73. The summed E-state index contributed by atoms with van der Waals surface area (Å²) in [5, 5.41) is 0. The minimum absolute atomic E-state index is 0.722. The van der Waals surface area contributed by atoms with Gasteiger partial charge in [0.1, 0.15) is 12.4 Å². The van der Waals surface area contributed by atoms with E-state index in [1.165, 1.54) is 19.4 Å². The summed E-state index contributed by atoms with van der Waals surface area (Å²) in [5.74, 6) is 1.86. The number of hydrogen-bond acceptors (Lipinski definition) is 2. The number of ether oxygens (including phenoxy) is 1. The third-order valence-electron chi connectivity index (χ3n) is 3.96. The van der Waals surface area contributed by atoms with Gasteiger partial charge < -0.3 is 4.74 Å². The Morgan fingerprint density at radius 1 is 1.29 bits per heavy atom. The van der Waals surface area contributed by atoms with Gasteiger partial charge in [0.05, 0.1) is 0 Å². The quantitative estimate of drug-likeness (QED) is 0.774. The maximum atomic E-state index is 5.74. The Morgan fingerprint density at radius 2 is 2.06 bits per heavy atom. The average molecular weight is 233 g/mol. The van der Waals surface area contributed by atoms with E-state index in [1.807, 2.05) is 30.3 Å². The van der Waals surface area contributed by atoms with Gasteiger partial charge in [0.2, 0.25) is 0 Å². The van der Waals surface area contributed by atoms with E-state index in [2.05, 4.69) is 18.7 Å². The van der Waals surface area contributed by atoms with Crippen molar-refractivity contribution in [2.75, 3.05) is 19.7 Å². The summed E-state index contributed by atoms with van der Waals surface area (Å²) < 4.78 is 5.74. The van der Waals surface area contributed by atoms with Gasteiger partial charge in [0.15, 0.2) is 0 Å². The first kappa shape index (κ1) is 12.4. The van der Waals surface area contributed by atoms with E-state index >= 15 is 0 Å². The first-order valence-corrected chi connectivity index (χ1v) is 6.73. The average Bonchev–Trinajstić information content (AvgIpc) is 2.72. The van der Waals surface area contributed by atoms with Crippen LogP contribution in [0.1, 0.15) is 26.7 Å². The molecule has 1 saturated heterocycles. The van der Waals surface area contributed by atoms with E-state index in [-0.39, 0.29) is 0 Å². The predicted molar refractivity (Wildman–Crippen MR) is 71.4 cm³/mol. The molecule has 0 amide bonds. The van der Waals surface area contributed by atoms with E-state index in [9.17, 15) is 0 Å². The summed E-state index contributed by atoms with van der Waals surface area (Å²) >= 11 is 0. The van der Waals surface area contributed by atoms with E-state index in [1.54, 1.807) is 0 Å². The van der Waals surface area contributed by atoms with Gasteiger partial charge in [0.25, 0.3) is 0 Å². The third kappa shape index (κ3) is 3.22. The molecule has 2 rings (SSSR count). The molecule has 0 saturated carbocycles. The lowest BCUT2D eigenvalue weighted by Crippen LogP contribution is -2.33. The number of hydrogen-bond donors (Lipinski definition) is 0. The molecule has 2 nitrogen and oxygen atoms in total. The van der Waals surface area contributed by atoms with Gasteiger partial charge >= 0.3 is 0 Å². The monoisotopic (exact) mass is 233 g/mol. The van der Waals surface area contributed by atoms with E-state index in [0.29, 0.717) is 0 Å². The zero-order valence-corrected chi connectivity index (χ0v) is 10.9. The molecule has 1 aromatic carbocycles. The molecule has 1 aliphatic rings. The van der Waals surface area contributed by atoms with Gasteiger partial charge in [-0.2, -0.15) is 0 Å². The Bertz CT molecular complexity index is 325. The van der Waals surface area contributed by atoms with E-state index < -0.39 is 0 Å². The number of nitrogens with zero attached hydrogens (tertiary/aromatic N) is 1. The summed E-state index contributed by atoms with van der Waals surface area (Å²) in [7, 11) is 0. The van der Waals surface area contributed by atoms with Gasteiger partial charge in [-0.05, 0) is 37.9 Å². The minimum Gasteiger partial charge on any atom is -0.492 e. The van der Waals surface area contributed by atoms with Crippen LogP contribution in [-0.2, 0) is 0 Å². The number of para-hydroxylation sites is 1. The van der Waals surface area contributed by atoms with Crippen LogP contribution in [0.5, 0.6) is 5.75 Å². The fourth-order valence-corrected chi connectivity index (χ4v) is 2.73. The SMILES string of the molecule is CCC1CCN(CCOc2ccccc2)[C@@H]1C. The molecule has 1 aliphatic heterocycles. The zero-order valence-electron chi connectivity index (χ0n) is 10.9. The maximum Gasteiger partial charge on any atom is 0.119 e. The van der Waals surface area contributed by atoms with Gasteiger partial charge in [-0.25, -0.2) is 0 Å². The predicted octanol–water partition coefficient (Wildman–Crippen LogP) is 3.19. The highest BCUT2D eigenvalue weighted by atomic mass is 16.5. The normalized spacial score (nSPS) is 25.1. The Morgan fingerprint density at radius 3 is 2.71 bits per heavy atom. The molecular formula is C15H23NO. The van der Waals surface area contributed by atoms with Crippen molar-refractivity contribution in [1.29, 1.82) is 0 Å². The molecule has 0 aliphatic carbocycles.